The first kappa shape index (κ1) is 14.3. The second kappa shape index (κ2) is 6.33. The van der Waals surface area contributed by atoms with Gasteiger partial charge in [0.05, 0.1) is 0 Å². The third kappa shape index (κ3) is 3.44. The maximum Gasteiger partial charge on any atom is 0.251 e. The van der Waals surface area contributed by atoms with Gasteiger partial charge < -0.3 is 11.1 Å². The molecule has 1 aliphatic carbocycles. The fourth-order valence-corrected chi connectivity index (χ4v) is 3.55. The molecule has 2 unspecified atom stereocenters. The van der Waals surface area contributed by atoms with Gasteiger partial charge in [-0.2, -0.15) is 11.8 Å². The lowest BCUT2D eigenvalue weighted by Gasteiger charge is -2.31. The van der Waals surface area contributed by atoms with Gasteiger partial charge in [0, 0.05) is 22.5 Å². The van der Waals surface area contributed by atoms with Crippen molar-refractivity contribution in [1.82, 2.24) is 5.32 Å². The van der Waals surface area contributed by atoms with E-state index in [2.05, 4.69) is 11.6 Å². The molecular formula is C15H22N2OS. The van der Waals surface area contributed by atoms with Crippen molar-refractivity contribution in [2.45, 2.75) is 43.9 Å². The molecule has 0 radical (unpaired) electrons. The molecule has 4 heteroatoms. The fourth-order valence-electron chi connectivity index (χ4n) is 2.61. The third-order valence-corrected chi connectivity index (χ3v) is 5.02. The maximum atomic E-state index is 12.3. The van der Waals surface area contributed by atoms with Crippen molar-refractivity contribution in [2.75, 3.05) is 12.0 Å². The van der Waals surface area contributed by atoms with Crippen molar-refractivity contribution in [3.63, 3.8) is 0 Å². The van der Waals surface area contributed by atoms with Crippen LogP contribution in [0.1, 0.15) is 41.6 Å². The van der Waals surface area contributed by atoms with Gasteiger partial charge in [-0.15, -0.1) is 0 Å². The van der Waals surface area contributed by atoms with E-state index in [1.807, 2.05) is 24.8 Å². The van der Waals surface area contributed by atoms with Crippen molar-refractivity contribution >= 4 is 23.4 Å². The Morgan fingerprint density at radius 1 is 1.37 bits per heavy atom. The first-order valence-electron chi connectivity index (χ1n) is 6.81. The minimum absolute atomic E-state index is 0.0223. The highest BCUT2D eigenvalue weighted by molar-refractivity contribution is 7.99. The van der Waals surface area contributed by atoms with Crippen molar-refractivity contribution in [1.29, 1.82) is 0 Å². The molecule has 1 aromatic carbocycles. The van der Waals surface area contributed by atoms with Gasteiger partial charge in [-0.05, 0) is 49.8 Å². The van der Waals surface area contributed by atoms with Crippen LogP contribution in [-0.4, -0.2) is 23.5 Å². The van der Waals surface area contributed by atoms with E-state index in [-0.39, 0.29) is 5.91 Å². The van der Waals surface area contributed by atoms with Crippen LogP contribution in [0.4, 0.5) is 5.69 Å². The number of nitrogen functional groups attached to an aromatic ring is 1. The van der Waals surface area contributed by atoms with Crippen molar-refractivity contribution in [3.8, 4) is 0 Å². The fraction of sp³-hybridized carbons (Fsp3) is 0.533. The van der Waals surface area contributed by atoms with Gasteiger partial charge >= 0.3 is 0 Å². The monoisotopic (exact) mass is 278 g/mol. The lowest BCUT2D eigenvalue weighted by molar-refractivity contribution is 0.0929. The maximum absolute atomic E-state index is 12.3. The van der Waals surface area contributed by atoms with Gasteiger partial charge in [-0.1, -0.05) is 12.8 Å². The molecule has 0 saturated heterocycles. The molecule has 2 rings (SSSR count). The predicted octanol–water partition coefficient (Wildman–Crippen LogP) is 2.98. The van der Waals surface area contributed by atoms with E-state index in [0.29, 0.717) is 16.9 Å². The standard InChI is InChI=1S/C15H22N2OS/c1-10-9-11(7-8-12(10)16)15(18)17-13-5-3-4-6-14(13)19-2/h7-9,13-14H,3-6,16H2,1-2H3,(H,17,18). The highest BCUT2D eigenvalue weighted by Crippen LogP contribution is 2.27. The summed E-state index contributed by atoms with van der Waals surface area (Å²) >= 11 is 1.86. The quantitative estimate of drug-likeness (QED) is 0.836. The number of anilines is 1. The lowest BCUT2D eigenvalue weighted by atomic mass is 9.94. The molecule has 1 aromatic rings. The molecular weight excluding hydrogens is 256 g/mol. The molecule has 0 heterocycles. The highest BCUT2D eigenvalue weighted by atomic mass is 32.2. The van der Waals surface area contributed by atoms with Crippen molar-refractivity contribution < 1.29 is 4.79 Å². The van der Waals surface area contributed by atoms with Gasteiger partial charge in [0.15, 0.2) is 0 Å². The molecule has 0 bridgehead atoms. The van der Waals surface area contributed by atoms with Gasteiger partial charge in [0.2, 0.25) is 0 Å². The number of amides is 1. The summed E-state index contributed by atoms with van der Waals surface area (Å²) in [5.74, 6) is 0.0223. The smallest absolute Gasteiger partial charge is 0.251 e. The summed E-state index contributed by atoms with van der Waals surface area (Å²) < 4.78 is 0. The molecule has 3 nitrogen and oxygen atoms in total. The summed E-state index contributed by atoms with van der Waals surface area (Å²) in [5.41, 5.74) is 8.18. The molecule has 1 aliphatic rings. The second-order valence-electron chi connectivity index (χ2n) is 5.21. The van der Waals surface area contributed by atoms with Crippen LogP contribution in [0.2, 0.25) is 0 Å². The van der Waals surface area contributed by atoms with E-state index in [9.17, 15) is 4.79 Å². The van der Waals surface area contributed by atoms with Gasteiger partial charge in [-0.3, -0.25) is 4.79 Å². The van der Waals surface area contributed by atoms with Crippen LogP contribution in [0.25, 0.3) is 0 Å². The number of hydrogen-bond donors (Lipinski definition) is 2. The van der Waals surface area contributed by atoms with Crippen molar-refractivity contribution in [3.05, 3.63) is 29.3 Å². The Hall–Kier alpha value is -1.16. The number of carbonyl (C=O) groups excluding carboxylic acids is 1. The normalized spacial score (nSPS) is 23.1. The Morgan fingerprint density at radius 2 is 2.11 bits per heavy atom. The van der Waals surface area contributed by atoms with Crippen molar-refractivity contribution in [2.24, 2.45) is 0 Å². The Bertz CT molecular complexity index is 461. The van der Waals surface area contributed by atoms with Crippen LogP contribution in [0.15, 0.2) is 18.2 Å². The van der Waals surface area contributed by atoms with Crippen LogP contribution in [-0.2, 0) is 0 Å². The van der Waals surface area contributed by atoms with E-state index in [0.717, 1.165) is 17.7 Å². The summed E-state index contributed by atoms with van der Waals surface area (Å²) in [6.45, 7) is 1.93. The highest BCUT2D eigenvalue weighted by Gasteiger charge is 2.25. The number of nitrogens with one attached hydrogen (secondary N) is 1. The second-order valence-corrected chi connectivity index (χ2v) is 6.29. The van der Waals surface area contributed by atoms with Crippen LogP contribution in [0, 0.1) is 6.92 Å². The molecule has 0 aromatic heterocycles. The number of carbonyl (C=O) groups is 1. The average Bonchev–Trinajstić information content (AvgIpc) is 2.42. The van der Waals surface area contributed by atoms with Crippen LogP contribution >= 0.6 is 11.8 Å². The first-order chi connectivity index (χ1) is 9.11. The number of hydrogen-bond acceptors (Lipinski definition) is 3. The number of benzene rings is 1. The zero-order chi connectivity index (χ0) is 13.8. The molecule has 3 N–H and O–H groups in total. The number of thioether (sulfide) groups is 1. The molecule has 104 valence electrons. The third-order valence-electron chi connectivity index (χ3n) is 3.85. The minimum atomic E-state index is 0.0223. The molecule has 0 spiro atoms. The molecule has 2 atom stereocenters. The average molecular weight is 278 g/mol. The number of aryl methyl sites for hydroxylation is 1. The van der Waals surface area contributed by atoms with Gasteiger partial charge in [-0.25, -0.2) is 0 Å². The largest absolute Gasteiger partial charge is 0.399 e. The zero-order valence-corrected chi connectivity index (χ0v) is 12.4. The van der Waals surface area contributed by atoms with Crippen LogP contribution in [0.5, 0.6) is 0 Å². The SMILES string of the molecule is CSC1CCCCC1NC(=O)c1ccc(N)c(C)c1. The van der Waals surface area contributed by atoms with Crippen LogP contribution < -0.4 is 11.1 Å². The zero-order valence-electron chi connectivity index (χ0n) is 11.6. The summed E-state index contributed by atoms with van der Waals surface area (Å²) in [6.07, 6.45) is 6.90. The summed E-state index contributed by atoms with van der Waals surface area (Å²) in [6, 6.07) is 5.77. The van der Waals surface area contributed by atoms with E-state index >= 15 is 0 Å². The Morgan fingerprint density at radius 3 is 2.79 bits per heavy atom. The van der Waals surface area contributed by atoms with E-state index in [4.69, 9.17) is 5.73 Å². The number of nitrogens with two attached hydrogens (primary N) is 1. The summed E-state index contributed by atoms with van der Waals surface area (Å²) in [4.78, 5) is 12.3. The first-order valence-corrected chi connectivity index (χ1v) is 8.10. The summed E-state index contributed by atoms with van der Waals surface area (Å²) in [5, 5.41) is 3.73. The Balaban J connectivity index is 2.05. The van der Waals surface area contributed by atoms with E-state index in [1.54, 1.807) is 12.1 Å². The minimum Gasteiger partial charge on any atom is -0.399 e. The Labute approximate surface area is 119 Å². The van der Waals surface area contributed by atoms with Gasteiger partial charge in [0.25, 0.3) is 5.91 Å². The topological polar surface area (TPSA) is 55.1 Å². The van der Waals surface area contributed by atoms with Crippen LogP contribution in [0.3, 0.4) is 0 Å². The Kier molecular flexibility index (Phi) is 4.75. The molecule has 1 amide bonds. The van der Waals surface area contributed by atoms with E-state index in [1.165, 1.54) is 19.3 Å². The van der Waals surface area contributed by atoms with Gasteiger partial charge in [0.1, 0.15) is 0 Å². The molecule has 0 aliphatic heterocycles. The number of rotatable bonds is 3. The predicted molar refractivity (Wildman–Crippen MR) is 82.6 cm³/mol. The molecule has 1 saturated carbocycles. The van der Waals surface area contributed by atoms with E-state index < -0.39 is 0 Å². The lowest BCUT2D eigenvalue weighted by Crippen LogP contribution is -2.43. The molecule has 1 fully saturated rings. The summed E-state index contributed by atoms with van der Waals surface area (Å²) in [7, 11) is 0. The molecule has 19 heavy (non-hydrogen) atoms.